The lowest BCUT2D eigenvalue weighted by molar-refractivity contribution is -0.276. The summed E-state index contributed by atoms with van der Waals surface area (Å²) in [5.74, 6) is -1.56. The van der Waals surface area contributed by atoms with Crippen LogP contribution >= 0.6 is 0 Å². The summed E-state index contributed by atoms with van der Waals surface area (Å²) >= 11 is 0. The van der Waals surface area contributed by atoms with E-state index in [1.54, 1.807) is 0 Å². The second-order valence-corrected chi connectivity index (χ2v) is 4.81. The molecule has 0 spiro atoms. The molecule has 1 aromatic carbocycles. The van der Waals surface area contributed by atoms with Crippen LogP contribution in [0.3, 0.4) is 0 Å². The average molecular weight is 309 g/mol. The first-order valence-electron chi connectivity index (χ1n) is 4.30. The lowest BCUT2D eigenvalue weighted by atomic mass is 10.2. The van der Waals surface area contributed by atoms with Crippen LogP contribution in [0.5, 0.6) is 5.75 Å². The van der Waals surface area contributed by atoms with E-state index in [0.717, 1.165) is 0 Å². The average Bonchev–Trinajstić information content (AvgIpc) is 2.11. The maximum absolute atomic E-state index is 12.5. The van der Waals surface area contributed by atoms with E-state index in [2.05, 4.69) is 9.88 Å². The second-order valence-electron chi connectivity index (χ2n) is 3.25. The third-order valence-corrected chi connectivity index (χ3v) is 2.72. The number of ether oxygens (including phenoxy) is 1. The van der Waals surface area contributed by atoms with Gasteiger partial charge in [0, 0.05) is 0 Å². The van der Waals surface area contributed by atoms with Crippen molar-refractivity contribution in [3.63, 3.8) is 0 Å². The Kier molecular flexibility index (Phi) is 3.74. The van der Waals surface area contributed by atoms with Crippen LogP contribution in [0.15, 0.2) is 23.1 Å². The summed E-state index contributed by atoms with van der Waals surface area (Å²) in [6.45, 7) is 0. The zero-order valence-electron chi connectivity index (χ0n) is 8.71. The molecule has 0 aliphatic rings. The van der Waals surface area contributed by atoms with Gasteiger partial charge in [-0.1, -0.05) is 0 Å². The Bertz CT molecular complexity index is 577. The van der Waals surface area contributed by atoms with Crippen LogP contribution in [0.2, 0.25) is 0 Å². The minimum atomic E-state index is -5.34. The summed E-state index contributed by atoms with van der Waals surface area (Å²) in [6.07, 6.45) is -10.6. The van der Waals surface area contributed by atoms with Crippen LogP contribution in [0.1, 0.15) is 5.56 Å². The van der Waals surface area contributed by atoms with Gasteiger partial charge >= 0.3 is 12.5 Å². The van der Waals surface area contributed by atoms with E-state index >= 15 is 0 Å². The lowest BCUT2D eigenvalue weighted by Crippen LogP contribution is -2.21. The Balaban J connectivity index is 3.42. The molecule has 0 radical (unpaired) electrons. The molecule has 0 bridgehead atoms. The molecule has 0 saturated heterocycles. The van der Waals surface area contributed by atoms with Crippen LogP contribution in [-0.2, 0) is 16.2 Å². The fourth-order valence-corrected chi connectivity index (χ4v) is 1.66. The molecular weight excluding hydrogens is 304 g/mol. The highest BCUT2D eigenvalue weighted by molar-refractivity contribution is 7.89. The second kappa shape index (κ2) is 4.56. The molecule has 11 heteroatoms. The van der Waals surface area contributed by atoms with Gasteiger partial charge in [-0.15, -0.1) is 13.2 Å². The van der Waals surface area contributed by atoms with Crippen LogP contribution in [0.25, 0.3) is 0 Å². The SMILES string of the molecule is NS(=O)(=O)c1ccc(OC(F)(F)F)c(C(F)(F)F)c1. The molecule has 1 aromatic rings. The number of nitrogens with two attached hydrogens (primary N) is 1. The van der Waals surface area contributed by atoms with Crippen molar-refractivity contribution in [3.05, 3.63) is 23.8 Å². The normalized spacial score (nSPS) is 13.4. The van der Waals surface area contributed by atoms with Crippen molar-refractivity contribution in [2.75, 3.05) is 0 Å². The van der Waals surface area contributed by atoms with E-state index in [4.69, 9.17) is 0 Å². The topological polar surface area (TPSA) is 69.4 Å². The Morgan fingerprint density at radius 2 is 1.58 bits per heavy atom. The first-order chi connectivity index (χ1) is 8.31. The predicted octanol–water partition coefficient (Wildman–Crippen LogP) is 2.25. The zero-order valence-corrected chi connectivity index (χ0v) is 9.53. The molecule has 0 aliphatic carbocycles. The number of hydrogen-bond donors (Lipinski definition) is 1. The monoisotopic (exact) mass is 309 g/mol. The van der Waals surface area contributed by atoms with Crippen molar-refractivity contribution in [2.45, 2.75) is 17.4 Å². The highest BCUT2D eigenvalue weighted by Crippen LogP contribution is 2.39. The minimum Gasteiger partial charge on any atom is -0.405 e. The molecule has 0 atom stereocenters. The number of sulfonamides is 1. The standard InChI is InChI=1S/C8H5F6NO3S/c9-7(10,11)5-3-4(19(15,16)17)1-2-6(5)18-8(12,13)14/h1-3H,(H2,15,16,17). The Morgan fingerprint density at radius 1 is 1.05 bits per heavy atom. The fourth-order valence-electron chi connectivity index (χ4n) is 1.12. The van der Waals surface area contributed by atoms with Gasteiger partial charge in [-0.25, -0.2) is 13.6 Å². The van der Waals surface area contributed by atoms with E-state index in [0.29, 0.717) is 6.07 Å². The van der Waals surface area contributed by atoms with Gasteiger partial charge in [-0.3, -0.25) is 0 Å². The number of rotatable bonds is 2. The summed E-state index contributed by atoms with van der Waals surface area (Å²) in [7, 11) is -4.48. The molecule has 0 amide bonds. The Morgan fingerprint density at radius 3 is 1.95 bits per heavy atom. The molecule has 4 nitrogen and oxygen atoms in total. The van der Waals surface area contributed by atoms with Crippen molar-refractivity contribution in [3.8, 4) is 5.75 Å². The molecule has 0 saturated carbocycles. The largest absolute Gasteiger partial charge is 0.573 e. The third-order valence-electron chi connectivity index (χ3n) is 1.81. The van der Waals surface area contributed by atoms with Gasteiger partial charge in [0.25, 0.3) is 0 Å². The maximum Gasteiger partial charge on any atom is 0.573 e. The minimum absolute atomic E-state index is 0.0313. The van der Waals surface area contributed by atoms with Gasteiger partial charge in [0.2, 0.25) is 10.0 Å². The van der Waals surface area contributed by atoms with E-state index < -0.39 is 38.8 Å². The zero-order chi connectivity index (χ0) is 15.1. The molecule has 19 heavy (non-hydrogen) atoms. The smallest absolute Gasteiger partial charge is 0.405 e. The van der Waals surface area contributed by atoms with Crippen LogP contribution in [0, 0.1) is 0 Å². The molecule has 1 rings (SSSR count). The summed E-state index contributed by atoms with van der Waals surface area (Å²) < 4.78 is 98.1. The van der Waals surface area contributed by atoms with Crippen LogP contribution < -0.4 is 9.88 Å². The van der Waals surface area contributed by atoms with Crippen molar-refractivity contribution in [1.29, 1.82) is 0 Å². The lowest BCUT2D eigenvalue weighted by Gasteiger charge is -2.15. The highest BCUT2D eigenvalue weighted by atomic mass is 32.2. The van der Waals surface area contributed by atoms with Crippen molar-refractivity contribution >= 4 is 10.0 Å². The van der Waals surface area contributed by atoms with Crippen molar-refractivity contribution in [1.82, 2.24) is 0 Å². The van der Waals surface area contributed by atoms with Crippen LogP contribution in [0.4, 0.5) is 26.3 Å². The van der Waals surface area contributed by atoms with E-state index in [1.807, 2.05) is 0 Å². The number of alkyl halides is 6. The van der Waals surface area contributed by atoms with Crippen molar-refractivity contribution < 1.29 is 39.5 Å². The molecule has 2 N–H and O–H groups in total. The summed E-state index contributed by atoms with van der Waals surface area (Å²) in [5, 5.41) is 4.59. The molecule has 0 aromatic heterocycles. The molecular formula is C8H5F6NO3S. The Hall–Kier alpha value is -1.49. The Labute approximate surface area is 102 Å². The quantitative estimate of drug-likeness (QED) is 0.852. The third kappa shape index (κ3) is 4.28. The number of hydrogen-bond acceptors (Lipinski definition) is 3. The molecule has 0 aliphatic heterocycles. The van der Waals surface area contributed by atoms with Crippen LogP contribution in [-0.4, -0.2) is 14.8 Å². The predicted molar refractivity (Wildman–Crippen MR) is 49.5 cm³/mol. The summed E-state index contributed by atoms with van der Waals surface area (Å²) in [5.41, 5.74) is -1.89. The summed E-state index contributed by atoms with van der Waals surface area (Å²) in [4.78, 5) is -0.977. The summed E-state index contributed by atoms with van der Waals surface area (Å²) in [6, 6.07) is 0.679. The molecule has 108 valence electrons. The van der Waals surface area contributed by atoms with Gasteiger partial charge in [0.05, 0.1) is 10.5 Å². The van der Waals surface area contributed by atoms with Gasteiger partial charge in [0.15, 0.2) is 0 Å². The van der Waals surface area contributed by atoms with Crippen molar-refractivity contribution in [2.24, 2.45) is 5.14 Å². The van der Waals surface area contributed by atoms with Gasteiger partial charge in [0.1, 0.15) is 5.75 Å². The first kappa shape index (κ1) is 15.6. The molecule has 0 fully saturated rings. The van der Waals surface area contributed by atoms with E-state index in [1.165, 1.54) is 0 Å². The number of benzene rings is 1. The van der Waals surface area contributed by atoms with Gasteiger partial charge < -0.3 is 4.74 Å². The first-order valence-corrected chi connectivity index (χ1v) is 5.85. The van der Waals surface area contributed by atoms with E-state index in [9.17, 15) is 34.8 Å². The van der Waals surface area contributed by atoms with E-state index in [-0.39, 0.29) is 12.1 Å². The molecule has 0 heterocycles. The fraction of sp³-hybridized carbons (Fsp3) is 0.250. The van der Waals surface area contributed by atoms with Gasteiger partial charge in [-0.2, -0.15) is 13.2 Å². The van der Waals surface area contributed by atoms with Gasteiger partial charge in [-0.05, 0) is 18.2 Å². The number of primary sulfonamides is 1. The maximum atomic E-state index is 12.5. The highest BCUT2D eigenvalue weighted by Gasteiger charge is 2.40. The number of halogens is 6. The molecule has 0 unspecified atom stereocenters.